The van der Waals surface area contributed by atoms with Gasteiger partial charge in [-0.05, 0) is 55.0 Å². The topological polar surface area (TPSA) is 60.5 Å². The molecule has 4 rings (SSSR count). The normalized spacial score (nSPS) is 13.6. The lowest BCUT2D eigenvalue weighted by atomic mass is 9.97. The fourth-order valence-electron chi connectivity index (χ4n) is 3.22. The number of ketones is 1. The SMILES string of the molecule is Cc1cc(OCc2ccccn2)ccc1Nc1cccc(C(=O)CC2COC2)c1. The van der Waals surface area contributed by atoms with Gasteiger partial charge in [-0.3, -0.25) is 9.78 Å². The van der Waals surface area contributed by atoms with Crippen molar-refractivity contribution in [3.05, 3.63) is 83.7 Å². The molecule has 1 aromatic heterocycles. The molecule has 148 valence electrons. The third kappa shape index (κ3) is 5.00. The summed E-state index contributed by atoms with van der Waals surface area (Å²) in [5.41, 5.74) is 4.56. The molecule has 0 radical (unpaired) electrons. The van der Waals surface area contributed by atoms with Gasteiger partial charge in [-0.1, -0.05) is 18.2 Å². The number of hydrogen-bond donors (Lipinski definition) is 1. The Morgan fingerprint density at radius 1 is 1.14 bits per heavy atom. The van der Waals surface area contributed by atoms with E-state index in [4.69, 9.17) is 9.47 Å². The molecule has 0 atom stereocenters. The minimum atomic E-state index is 0.164. The van der Waals surface area contributed by atoms with Crippen molar-refractivity contribution in [3.8, 4) is 5.75 Å². The first-order chi connectivity index (χ1) is 14.2. The summed E-state index contributed by atoms with van der Waals surface area (Å²) in [5, 5.41) is 3.40. The highest BCUT2D eigenvalue weighted by Gasteiger charge is 2.22. The van der Waals surface area contributed by atoms with Gasteiger partial charge in [0.25, 0.3) is 0 Å². The van der Waals surface area contributed by atoms with Crippen LogP contribution in [-0.2, 0) is 11.3 Å². The molecule has 0 bridgehead atoms. The van der Waals surface area contributed by atoms with E-state index >= 15 is 0 Å². The van der Waals surface area contributed by atoms with Crippen molar-refractivity contribution in [2.75, 3.05) is 18.5 Å². The third-order valence-electron chi connectivity index (χ3n) is 4.96. The van der Waals surface area contributed by atoms with E-state index in [1.807, 2.05) is 67.6 Å². The molecule has 2 heterocycles. The molecule has 2 aromatic carbocycles. The molecule has 1 aliphatic heterocycles. The number of hydrogen-bond acceptors (Lipinski definition) is 5. The zero-order valence-electron chi connectivity index (χ0n) is 16.4. The predicted octanol–water partition coefficient (Wildman–Crippen LogP) is 4.93. The number of anilines is 2. The Morgan fingerprint density at radius 3 is 2.76 bits per heavy atom. The van der Waals surface area contributed by atoms with E-state index < -0.39 is 0 Å². The Balaban J connectivity index is 1.40. The van der Waals surface area contributed by atoms with Crippen LogP contribution in [0.4, 0.5) is 11.4 Å². The molecule has 1 N–H and O–H groups in total. The Hall–Kier alpha value is -3.18. The summed E-state index contributed by atoms with van der Waals surface area (Å²) in [6, 6.07) is 19.3. The van der Waals surface area contributed by atoms with Crippen LogP contribution < -0.4 is 10.1 Å². The molecule has 1 saturated heterocycles. The minimum Gasteiger partial charge on any atom is -0.487 e. The average Bonchev–Trinajstić information content (AvgIpc) is 2.72. The van der Waals surface area contributed by atoms with E-state index in [0.717, 1.165) is 33.9 Å². The maximum absolute atomic E-state index is 12.4. The second kappa shape index (κ2) is 8.88. The summed E-state index contributed by atoms with van der Waals surface area (Å²) in [6.45, 7) is 3.85. The number of pyridine rings is 1. The van der Waals surface area contributed by atoms with Crippen LogP contribution in [0.5, 0.6) is 5.75 Å². The molecular formula is C24H24N2O3. The van der Waals surface area contributed by atoms with E-state index in [0.29, 0.717) is 32.2 Å². The van der Waals surface area contributed by atoms with Gasteiger partial charge in [0, 0.05) is 35.5 Å². The van der Waals surface area contributed by atoms with Crippen molar-refractivity contribution in [2.45, 2.75) is 20.0 Å². The molecule has 5 nitrogen and oxygen atoms in total. The standard InChI is InChI=1S/C24H24N2O3/c1-17-11-22(29-16-21-6-2-3-10-25-21)8-9-23(17)26-20-7-4-5-19(13-20)24(27)12-18-14-28-15-18/h2-11,13,18,26H,12,14-16H2,1H3. The fourth-order valence-corrected chi connectivity index (χ4v) is 3.22. The van der Waals surface area contributed by atoms with Crippen molar-refractivity contribution >= 4 is 17.2 Å². The molecule has 3 aromatic rings. The maximum atomic E-state index is 12.4. The van der Waals surface area contributed by atoms with E-state index in [1.54, 1.807) is 6.20 Å². The van der Waals surface area contributed by atoms with Gasteiger partial charge in [0.15, 0.2) is 5.78 Å². The molecule has 0 saturated carbocycles. The number of Topliss-reactive ketones (excluding diaryl/α,β-unsaturated/α-hetero) is 1. The molecule has 29 heavy (non-hydrogen) atoms. The molecule has 0 aliphatic carbocycles. The molecular weight excluding hydrogens is 364 g/mol. The summed E-state index contributed by atoms with van der Waals surface area (Å²) in [4.78, 5) is 16.7. The van der Waals surface area contributed by atoms with Crippen LogP contribution in [0, 0.1) is 12.8 Å². The van der Waals surface area contributed by atoms with Crippen molar-refractivity contribution in [3.63, 3.8) is 0 Å². The lowest BCUT2D eigenvalue weighted by molar-refractivity contribution is -0.0321. The van der Waals surface area contributed by atoms with Crippen LogP contribution in [0.3, 0.4) is 0 Å². The zero-order valence-corrected chi connectivity index (χ0v) is 16.4. The summed E-state index contributed by atoms with van der Waals surface area (Å²) in [6.07, 6.45) is 2.31. The highest BCUT2D eigenvalue weighted by atomic mass is 16.5. The Kier molecular flexibility index (Phi) is 5.86. The van der Waals surface area contributed by atoms with E-state index in [-0.39, 0.29) is 5.78 Å². The summed E-state index contributed by atoms with van der Waals surface area (Å²) < 4.78 is 11.0. The molecule has 0 unspecified atom stereocenters. The van der Waals surface area contributed by atoms with Gasteiger partial charge < -0.3 is 14.8 Å². The average molecular weight is 388 g/mol. The largest absolute Gasteiger partial charge is 0.487 e. The second-order valence-corrected chi connectivity index (χ2v) is 7.32. The lowest BCUT2D eigenvalue weighted by Gasteiger charge is -2.25. The number of carbonyl (C=O) groups excluding carboxylic acids is 1. The number of rotatable bonds is 8. The number of ether oxygens (including phenoxy) is 2. The quantitative estimate of drug-likeness (QED) is 0.554. The molecule has 0 amide bonds. The van der Waals surface area contributed by atoms with Gasteiger partial charge in [0.05, 0.1) is 18.9 Å². The van der Waals surface area contributed by atoms with Crippen LogP contribution in [0.2, 0.25) is 0 Å². The highest BCUT2D eigenvalue weighted by Crippen LogP contribution is 2.26. The Bertz CT molecular complexity index is 984. The summed E-state index contributed by atoms with van der Waals surface area (Å²) in [7, 11) is 0. The summed E-state index contributed by atoms with van der Waals surface area (Å²) >= 11 is 0. The molecule has 5 heteroatoms. The molecule has 1 fully saturated rings. The van der Waals surface area contributed by atoms with Crippen molar-refractivity contribution < 1.29 is 14.3 Å². The third-order valence-corrected chi connectivity index (χ3v) is 4.96. The second-order valence-electron chi connectivity index (χ2n) is 7.32. The fraction of sp³-hybridized carbons (Fsp3) is 0.250. The van der Waals surface area contributed by atoms with E-state index in [1.165, 1.54) is 0 Å². The first kappa shape index (κ1) is 19.2. The monoisotopic (exact) mass is 388 g/mol. The first-order valence-electron chi connectivity index (χ1n) is 9.79. The van der Waals surface area contributed by atoms with Gasteiger partial charge in [0.1, 0.15) is 12.4 Å². The first-order valence-corrected chi connectivity index (χ1v) is 9.79. The number of carbonyl (C=O) groups is 1. The van der Waals surface area contributed by atoms with Crippen LogP contribution in [0.15, 0.2) is 66.9 Å². The Labute approximate surface area is 170 Å². The number of nitrogens with one attached hydrogen (secondary N) is 1. The smallest absolute Gasteiger partial charge is 0.163 e. The highest BCUT2D eigenvalue weighted by molar-refractivity contribution is 5.97. The molecule has 0 spiro atoms. The maximum Gasteiger partial charge on any atom is 0.163 e. The van der Waals surface area contributed by atoms with Crippen LogP contribution in [-0.4, -0.2) is 24.0 Å². The lowest BCUT2D eigenvalue weighted by Crippen LogP contribution is -2.29. The van der Waals surface area contributed by atoms with Crippen LogP contribution >= 0.6 is 0 Å². The number of aryl methyl sites for hydroxylation is 1. The Morgan fingerprint density at radius 2 is 2.03 bits per heavy atom. The number of benzene rings is 2. The van der Waals surface area contributed by atoms with Crippen molar-refractivity contribution in [1.29, 1.82) is 0 Å². The number of aromatic nitrogens is 1. The van der Waals surface area contributed by atoms with Gasteiger partial charge in [-0.15, -0.1) is 0 Å². The summed E-state index contributed by atoms with van der Waals surface area (Å²) in [5.74, 6) is 1.32. The van der Waals surface area contributed by atoms with E-state index in [2.05, 4.69) is 10.3 Å². The van der Waals surface area contributed by atoms with Gasteiger partial charge in [-0.2, -0.15) is 0 Å². The van der Waals surface area contributed by atoms with Crippen molar-refractivity contribution in [1.82, 2.24) is 4.98 Å². The van der Waals surface area contributed by atoms with Gasteiger partial charge in [0.2, 0.25) is 0 Å². The van der Waals surface area contributed by atoms with E-state index in [9.17, 15) is 4.79 Å². The predicted molar refractivity (Wildman–Crippen MR) is 113 cm³/mol. The van der Waals surface area contributed by atoms with Gasteiger partial charge >= 0.3 is 0 Å². The molecule has 1 aliphatic rings. The van der Waals surface area contributed by atoms with Crippen LogP contribution in [0.25, 0.3) is 0 Å². The van der Waals surface area contributed by atoms with Crippen molar-refractivity contribution in [2.24, 2.45) is 5.92 Å². The van der Waals surface area contributed by atoms with Gasteiger partial charge in [-0.25, -0.2) is 0 Å². The van der Waals surface area contributed by atoms with Crippen LogP contribution in [0.1, 0.15) is 28.0 Å². The number of nitrogens with zero attached hydrogens (tertiary/aromatic N) is 1. The zero-order chi connectivity index (χ0) is 20.1. The minimum absolute atomic E-state index is 0.164.